The number of hydrogen-bond donors (Lipinski definition) is 0. The molecule has 0 heterocycles. The first-order chi connectivity index (χ1) is 10.3. The first-order valence-corrected chi connectivity index (χ1v) is 8.88. The third-order valence-corrected chi connectivity index (χ3v) is 5.94. The first kappa shape index (κ1) is 16.6. The van der Waals surface area contributed by atoms with E-state index in [2.05, 4.69) is 0 Å². The maximum absolute atomic E-state index is 13.2. The van der Waals surface area contributed by atoms with E-state index >= 15 is 0 Å². The van der Waals surface area contributed by atoms with Crippen LogP contribution in [0, 0.1) is 27.7 Å². The minimum atomic E-state index is -3.57. The van der Waals surface area contributed by atoms with Crippen LogP contribution in [-0.2, 0) is 10.0 Å². The van der Waals surface area contributed by atoms with Crippen LogP contribution in [-0.4, -0.2) is 15.0 Å². The summed E-state index contributed by atoms with van der Waals surface area (Å²) in [6.07, 6.45) is 0. The summed E-state index contributed by atoms with van der Waals surface area (Å²) in [5.41, 5.74) is 4.42. The van der Waals surface area contributed by atoms with Gasteiger partial charge in [-0.2, -0.15) is 0 Å². The molecule has 0 aliphatic carbocycles. The molecule has 2 aromatic rings. The molecule has 2 rings (SSSR count). The van der Waals surface area contributed by atoms with E-state index < -0.39 is 10.0 Å². The van der Waals surface area contributed by atoms with E-state index in [1.165, 1.54) is 4.31 Å². The molecule has 0 amide bonds. The molecule has 22 heavy (non-hydrogen) atoms. The van der Waals surface area contributed by atoms with Crippen molar-refractivity contribution in [2.75, 3.05) is 10.8 Å². The van der Waals surface area contributed by atoms with Gasteiger partial charge in [-0.15, -0.1) is 0 Å². The second kappa shape index (κ2) is 6.13. The standard InChI is InChI=1S/C18H23NO2S/c1-6-19(17-9-7-8-13(2)12-17)22(20,21)18-15(4)10-14(3)11-16(18)5/h7-12H,6H2,1-5H3. The number of sulfonamides is 1. The summed E-state index contributed by atoms with van der Waals surface area (Å²) in [4.78, 5) is 0.418. The monoisotopic (exact) mass is 317 g/mol. The van der Waals surface area contributed by atoms with Crippen LogP contribution < -0.4 is 4.31 Å². The van der Waals surface area contributed by atoms with Crippen molar-refractivity contribution in [2.24, 2.45) is 0 Å². The Kier molecular flexibility index (Phi) is 4.61. The zero-order chi connectivity index (χ0) is 16.5. The number of anilines is 1. The molecule has 118 valence electrons. The van der Waals surface area contributed by atoms with Gasteiger partial charge in [0.05, 0.1) is 10.6 Å². The van der Waals surface area contributed by atoms with Crippen molar-refractivity contribution in [2.45, 2.75) is 39.5 Å². The van der Waals surface area contributed by atoms with Gasteiger partial charge >= 0.3 is 0 Å². The van der Waals surface area contributed by atoms with Crippen LogP contribution >= 0.6 is 0 Å². The van der Waals surface area contributed by atoms with E-state index in [-0.39, 0.29) is 0 Å². The summed E-state index contributed by atoms with van der Waals surface area (Å²) in [5, 5.41) is 0. The van der Waals surface area contributed by atoms with Crippen LogP contribution in [0.15, 0.2) is 41.3 Å². The lowest BCUT2D eigenvalue weighted by Crippen LogP contribution is -2.32. The quantitative estimate of drug-likeness (QED) is 0.850. The topological polar surface area (TPSA) is 37.4 Å². The van der Waals surface area contributed by atoms with Crippen molar-refractivity contribution in [1.29, 1.82) is 0 Å². The molecule has 0 saturated carbocycles. The molecule has 0 spiro atoms. The maximum Gasteiger partial charge on any atom is 0.264 e. The summed E-state index contributed by atoms with van der Waals surface area (Å²) in [7, 11) is -3.57. The first-order valence-electron chi connectivity index (χ1n) is 7.44. The second-order valence-corrected chi connectivity index (χ2v) is 7.54. The Labute approximate surface area is 133 Å². The Hall–Kier alpha value is -1.81. The van der Waals surface area contributed by atoms with Crippen molar-refractivity contribution in [3.8, 4) is 0 Å². The van der Waals surface area contributed by atoms with Crippen LogP contribution in [0.5, 0.6) is 0 Å². The van der Waals surface area contributed by atoms with Gasteiger partial charge in [0, 0.05) is 6.54 Å². The minimum Gasteiger partial charge on any atom is -0.267 e. The van der Waals surface area contributed by atoms with Crippen molar-refractivity contribution in [3.63, 3.8) is 0 Å². The molecular formula is C18H23NO2S. The lowest BCUT2D eigenvalue weighted by molar-refractivity contribution is 0.590. The molecule has 0 saturated heterocycles. The van der Waals surface area contributed by atoms with Gasteiger partial charge in [0.15, 0.2) is 0 Å². The number of hydrogen-bond acceptors (Lipinski definition) is 2. The Bertz CT molecular complexity index is 771. The molecule has 2 aromatic carbocycles. The number of benzene rings is 2. The molecule has 4 heteroatoms. The fourth-order valence-electron chi connectivity index (χ4n) is 2.96. The van der Waals surface area contributed by atoms with Gasteiger partial charge in [-0.25, -0.2) is 8.42 Å². The van der Waals surface area contributed by atoms with E-state index in [9.17, 15) is 8.42 Å². The molecular weight excluding hydrogens is 294 g/mol. The highest BCUT2D eigenvalue weighted by molar-refractivity contribution is 7.93. The Morgan fingerprint density at radius 3 is 2.00 bits per heavy atom. The largest absolute Gasteiger partial charge is 0.267 e. The summed E-state index contributed by atoms with van der Waals surface area (Å²) in [6, 6.07) is 11.4. The molecule has 0 N–H and O–H groups in total. The van der Waals surface area contributed by atoms with Crippen LogP contribution in [0.3, 0.4) is 0 Å². The molecule has 0 bridgehead atoms. The molecule has 0 fully saturated rings. The Balaban J connectivity index is 2.62. The highest BCUT2D eigenvalue weighted by Gasteiger charge is 2.27. The molecule has 0 aliphatic heterocycles. The SMILES string of the molecule is CCN(c1cccc(C)c1)S(=O)(=O)c1c(C)cc(C)cc1C. The second-order valence-electron chi connectivity index (χ2n) is 5.74. The molecule has 0 unspecified atom stereocenters. The van der Waals surface area contributed by atoms with Gasteiger partial charge in [0.2, 0.25) is 0 Å². The number of rotatable bonds is 4. The van der Waals surface area contributed by atoms with Gasteiger partial charge in [0.1, 0.15) is 0 Å². The van der Waals surface area contributed by atoms with Crippen molar-refractivity contribution in [3.05, 3.63) is 58.7 Å². The van der Waals surface area contributed by atoms with E-state index in [1.807, 2.05) is 71.0 Å². The smallest absolute Gasteiger partial charge is 0.264 e. The van der Waals surface area contributed by atoms with Gasteiger partial charge in [-0.1, -0.05) is 29.8 Å². The number of nitrogens with zero attached hydrogens (tertiary/aromatic N) is 1. The van der Waals surface area contributed by atoms with E-state index in [1.54, 1.807) is 0 Å². The molecule has 0 aliphatic rings. The predicted octanol–water partition coefficient (Wildman–Crippen LogP) is 4.14. The third-order valence-electron chi connectivity index (χ3n) is 3.73. The molecule has 0 aromatic heterocycles. The lowest BCUT2D eigenvalue weighted by Gasteiger charge is -2.25. The average molecular weight is 317 g/mol. The van der Waals surface area contributed by atoms with Gasteiger partial charge in [-0.05, 0) is 63.4 Å². The van der Waals surface area contributed by atoms with Crippen LogP contribution in [0.4, 0.5) is 5.69 Å². The zero-order valence-corrected chi connectivity index (χ0v) is 14.7. The van der Waals surface area contributed by atoms with Crippen molar-refractivity contribution >= 4 is 15.7 Å². The van der Waals surface area contributed by atoms with E-state index in [0.29, 0.717) is 17.1 Å². The fraction of sp³-hybridized carbons (Fsp3) is 0.333. The predicted molar refractivity (Wildman–Crippen MR) is 92.0 cm³/mol. The van der Waals surface area contributed by atoms with Gasteiger partial charge in [-0.3, -0.25) is 4.31 Å². The summed E-state index contributed by atoms with van der Waals surface area (Å²) >= 11 is 0. The highest BCUT2D eigenvalue weighted by atomic mass is 32.2. The lowest BCUT2D eigenvalue weighted by atomic mass is 10.1. The van der Waals surface area contributed by atoms with Crippen LogP contribution in [0.25, 0.3) is 0 Å². The Morgan fingerprint density at radius 1 is 0.909 bits per heavy atom. The van der Waals surface area contributed by atoms with Crippen LogP contribution in [0.1, 0.15) is 29.2 Å². The highest BCUT2D eigenvalue weighted by Crippen LogP contribution is 2.29. The summed E-state index contributed by atoms with van der Waals surface area (Å²) < 4.78 is 27.8. The maximum atomic E-state index is 13.2. The van der Waals surface area contributed by atoms with Gasteiger partial charge < -0.3 is 0 Å². The average Bonchev–Trinajstić information content (AvgIpc) is 2.37. The van der Waals surface area contributed by atoms with E-state index in [4.69, 9.17) is 0 Å². The molecule has 3 nitrogen and oxygen atoms in total. The number of aryl methyl sites for hydroxylation is 4. The molecule has 0 atom stereocenters. The van der Waals surface area contributed by atoms with Crippen LogP contribution in [0.2, 0.25) is 0 Å². The minimum absolute atomic E-state index is 0.401. The fourth-order valence-corrected chi connectivity index (χ4v) is 4.84. The molecule has 0 radical (unpaired) electrons. The van der Waals surface area contributed by atoms with Gasteiger partial charge in [0.25, 0.3) is 10.0 Å². The summed E-state index contributed by atoms with van der Waals surface area (Å²) in [5.74, 6) is 0. The summed E-state index contributed by atoms with van der Waals surface area (Å²) in [6.45, 7) is 9.92. The van der Waals surface area contributed by atoms with Crippen molar-refractivity contribution in [1.82, 2.24) is 0 Å². The van der Waals surface area contributed by atoms with Crippen molar-refractivity contribution < 1.29 is 8.42 Å². The van der Waals surface area contributed by atoms with E-state index in [0.717, 1.165) is 22.3 Å². The third kappa shape index (κ3) is 3.02. The normalized spacial score (nSPS) is 11.5. The zero-order valence-electron chi connectivity index (χ0n) is 13.8. The Morgan fingerprint density at radius 2 is 1.50 bits per heavy atom.